The number of aromatic amines is 1. The third kappa shape index (κ3) is 2.47. The molecule has 0 saturated carbocycles. The van der Waals surface area contributed by atoms with Crippen LogP contribution in [0, 0.1) is 0 Å². The van der Waals surface area contributed by atoms with E-state index in [2.05, 4.69) is 31.0 Å². The molecule has 0 amide bonds. The van der Waals surface area contributed by atoms with Gasteiger partial charge in [0.2, 0.25) is 0 Å². The molecule has 0 aliphatic carbocycles. The summed E-state index contributed by atoms with van der Waals surface area (Å²) in [5.41, 5.74) is 2.69. The number of rotatable bonds is 2. The maximum Gasteiger partial charge on any atom is 0.298 e. The summed E-state index contributed by atoms with van der Waals surface area (Å²) in [6.45, 7) is 0. The minimum absolute atomic E-state index is 0.223. The van der Waals surface area contributed by atoms with Crippen molar-refractivity contribution in [3.63, 3.8) is 0 Å². The first-order valence-corrected chi connectivity index (χ1v) is 7.80. The predicted octanol–water partition coefficient (Wildman–Crippen LogP) is 3.52. The van der Waals surface area contributed by atoms with Crippen LogP contribution in [0.4, 0.5) is 0 Å². The number of hydrogen-bond acceptors (Lipinski definition) is 3. The Balaban J connectivity index is 1.82. The Morgan fingerprint density at radius 1 is 1.13 bits per heavy atom. The molecule has 2 aromatic carbocycles. The highest BCUT2D eigenvalue weighted by molar-refractivity contribution is 9.10. The smallest absolute Gasteiger partial charge is 0.298 e. The van der Waals surface area contributed by atoms with E-state index in [1.165, 1.54) is 11.0 Å². The summed E-state index contributed by atoms with van der Waals surface area (Å²) in [6.07, 6.45) is 3.07. The van der Waals surface area contributed by atoms with Crippen molar-refractivity contribution in [1.82, 2.24) is 14.6 Å². The Hall–Kier alpha value is -2.73. The molecule has 0 fully saturated rings. The zero-order valence-corrected chi connectivity index (χ0v) is 13.5. The SMILES string of the molecule is O=c1c2[nH]c3ccccc3c2ncn1/N=C\c1ccc(Br)cc1. The lowest BCUT2D eigenvalue weighted by atomic mass is 10.2. The van der Waals surface area contributed by atoms with Crippen LogP contribution >= 0.6 is 15.9 Å². The Bertz CT molecular complexity index is 1090. The van der Waals surface area contributed by atoms with Gasteiger partial charge in [0.1, 0.15) is 17.4 Å². The maximum atomic E-state index is 12.5. The fourth-order valence-electron chi connectivity index (χ4n) is 2.46. The van der Waals surface area contributed by atoms with E-state index >= 15 is 0 Å². The van der Waals surface area contributed by atoms with E-state index in [0.717, 1.165) is 20.9 Å². The fourth-order valence-corrected chi connectivity index (χ4v) is 2.72. The zero-order valence-electron chi connectivity index (χ0n) is 11.9. The highest BCUT2D eigenvalue weighted by Crippen LogP contribution is 2.20. The summed E-state index contributed by atoms with van der Waals surface area (Å²) in [6, 6.07) is 15.4. The third-order valence-corrected chi connectivity index (χ3v) is 4.13. The van der Waals surface area contributed by atoms with Crippen LogP contribution < -0.4 is 5.56 Å². The quantitative estimate of drug-likeness (QED) is 0.551. The first-order chi connectivity index (χ1) is 11.2. The summed E-state index contributed by atoms with van der Waals surface area (Å²) in [5.74, 6) is 0. The molecule has 4 aromatic rings. The summed E-state index contributed by atoms with van der Waals surface area (Å²) in [4.78, 5) is 20.0. The Morgan fingerprint density at radius 3 is 2.74 bits per heavy atom. The topological polar surface area (TPSA) is 63.0 Å². The van der Waals surface area contributed by atoms with E-state index in [1.807, 2.05) is 48.5 Å². The van der Waals surface area contributed by atoms with Crippen LogP contribution in [0.15, 0.2) is 69.2 Å². The molecule has 0 unspecified atom stereocenters. The standard InChI is InChI=1S/C17H11BrN4O/c18-12-7-5-11(6-8-12)9-20-22-10-19-15-13-3-1-2-4-14(13)21-16(15)17(22)23/h1-10,21H/b20-9-. The molecule has 1 N–H and O–H groups in total. The van der Waals surface area contributed by atoms with Crippen molar-refractivity contribution in [1.29, 1.82) is 0 Å². The highest BCUT2D eigenvalue weighted by Gasteiger charge is 2.09. The van der Waals surface area contributed by atoms with E-state index in [1.54, 1.807) is 6.21 Å². The molecule has 0 aliphatic heterocycles. The van der Waals surface area contributed by atoms with Gasteiger partial charge in [-0.2, -0.15) is 9.78 Å². The molecule has 23 heavy (non-hydrogen) atoms. The molecule has 0 bridgehead atoms. The summed E-state index contributed by atoms with van der Waals surface area (Å²) in [5, 5.41) is 5.14. The lowest BCUT2D eigenvalue weighted by molar-refractivity contribution is 0.815. The normalized spacial score (nSPS) is 11.7. The van der Waals surface area contributed by atoms with Crippen molar-refractivity contribution >= 4 is 44.1 Å². The molecular formula is C17H11BrN4O. The maximum absolute atomic E-state index is 12.5. The molecule has 0 spiro atoms. The van der Waals surface area contributed by atoms with Gasteiger partial charge in [-0.3, -0.25) is 4.79 Å². The van der Waals surface area contributed by atoms with Crippen molar-refractivity contribution in [2.75, 3.05) is 0 Å². The third-order valence-electron chi connectivity index (χ3n) is 3.60. The van der Waals surface area contributed by atoms with Crippen LogP contribution in [0.1, 0.15) is 5.56 Å². The van der Waals surface area contributed by atoms with E-state index in [9.17, 15) is 4.79 Å². The number of benzene rings is 2. The molecule has 2 heterocycles. The number of halogens is 1. The molecule has 0 radical (unpaired) electrons. The van der Waals surface area contributed by atoms with Crippen molar-refractivity contribution < 1.29 is 0 Å². The molecule has 112 valence electrons. The predicted molar refractivity (Wildman–Crippen MR) is 95.0 cm³/mol. The number of aromatic nitrogens is 3. The van der Waals surface area contributed by atoms with E-state index in [-0.39, 0.29) is 5.56 Å². The molecule has 0 aliphatic rings. The molecule has 4 rings (SSSR count). The molecule has 6 heteroatoms. The van der Waals surface area contributed by atoms with E-state index < -0.39 is 0 Å². The van der Waals surface area contributed by atoms with Crippen LogP contribution in [0.5, 0.6) is 0 Å². The van der Waals surface area contributed by atoms with Crippen LogP contribution in [-0.2, 0) is 0 Å². The van der Waals surface area contributed by atoms with E-state index in [0.29, 0.717) is 11.0 Å². The van der Waals surface area contributed by atoms with Gasteiger partial charge in [-0.25, -0.2) is 4.98 Å². The number of nitrogens with one attached hydrogen (secondary N) is 1. The number of H-pyrrole nitrogens is 1. The summed E-state index contributed by atoms with van der Waals surface area (Å²) >= 11 is 3.38. The summed E-state index contributed by atoms with van der Waals surface area (Å²) in [7, 11) is 0. The van der Waals surface area contributed by atoms with Gasteiger partial charge in [-0.15, -0.1) is 0 Å². The monoisotopic (exact) mass is 366 g/mol. The van der Waals surface area contributed by atoms with Gasteiger partial charge in [-0.1, -0.05) is 46.3 Å². The van der Waals surface area contributed by atoms with Crippen molar-refractivity contribution in [2.24, 2.45) is 5.10 Å². The molecule has 0 atom stereocenters. The van der Waals surface area contributed by atoms with Crippen molar-refractivity contribution in [2.45, 2.75) is 0 Å². The van der Waals surface area contributed by atoms with Crippen molar-refractivity contribution in [3.8, 4) is 0 Å². The molecule has 0 saturated heterocycles. The summed E-state index contributed by atoms with van der Waals surface area (Å²) < 4.78 is 2.23. The number of para-hydroxylation sites is 1. The van der Waals surface area contributed by atoms with E-state index in [4.69, 9.17) is 0 Å². The number of hydrogen-bond donors (Lipinski definition) is 1. The van der Waals surface area contributed by atoms with Crippen LogP contribution in [-0.4, -0.2) is 20.9 Å². The van der Waals surface area contributed by atoms with Crippen LogP contribution in [0.25, 0.3) is 21.9 Å². The Morgan fingerprint density at radius 2 is 1.91 bits per heavy atom. The minimum atomic E-state index is -0.223. The lowest BCUT2D eigenvalue weighted by Gasteiger charge is -1.98. The average Bonchev–Trinajstić information content (AvgIpc) is 2.95. The highest BCUT2D eigenvalue weighted by atomic mass is 79.9. The van der Waals surface area contributed by atoms with Gasteiger partial charge < -0.3 is 4.98 Å². The average molecular weight is 367 g/mol. The van der Waals surface area contributed by atoms with Crippen molar-refractivity contribution in [3.05, 3.63) is 75.2 Å². The van der Waals surface area contributed by atoms with Crippen LogP contribution in [0.2, 0.25) is 0 Å². The Labute approximate surface area is 139 Å². The second kappa shape index (κ2) is 5.48. The van der Waals surface area contributed by atoms with Gasteiger partial charge in [-0.05, 0) is 23.8 Å². The van der Waals surface area contributed by atoms with Gasteiger partial charge >= 0.3 is 0 Å². The molecular weight excluding hydrogens is 356 g/mol. The van der Waals surface area contributed by atoms with Gasteiger partial charge in [0.25, 0.3) is 5.56 Å². The zero-order chi connectivity index (χ0) is 15.8. The second-order valence-corrected chi connectivity index (χ2v) is 6.00. The second-order valence-electron chi connectivity index (χ2n) is 5.08. The first kappa shape index (κ1) is 13.9. The first-order valence-electron chi connectivity index (χ1n) is 7.00. The van der Waals surface area contributed by atoms with Gasteiger partial charge in [0.05, 0.1) is 6.21 Å². The lowest BCUT2D eigenvalue weighted by Crippen LogP contribution is -2.17. The largest absolute Gasteiger partial charge is 0.349 e. The number of fused-ring (bicyclic) bond motifs is 3. The fraction of sp³-hybridized carbons (Fsp3) is 0. The Kier molecular flexibility index (Phi) is 3.31. The number of nitrogens with zero attached hydrogens (tertiary/aromatic N) is 3. The molecule has 2 aromatic heterocycles. The van der Waals surface area contributed by atoms with Gasteiger partial charge in [0, 0.05) is 15.4 Å². The van der Waals surface area contributed by atoms with Gasteiger partial charge in [0.15, 0.2) is 0 Å². The minimum Gasteiger partial charge on any atom is -0.349 e. The van der Waals surface area contributed by atoms with Crippen LogP contribution in [0.3, 0.4) is 0 Å². The molecule has 5 nitrogen and oxygen atoms in total.